The van der Waals surface area contributed by atoms with E-state index >= 15 is 0 Å². The Morgan fingerprint density at radius 2 is 2.17 bits per heavy atom. The molecule has 0 aliphatic carbocycles. The highest BCUT2D eigenvalue weighted by atomic mass is 79.9. The van der Waals surface area contributed by atoms with Crippen LogP contribution < -0.4 is 15.6 Å². The SMILES string of the molecule is Cn1ncc(NCc2ccnc(OCC(F)(F)F)c2)c(Br)c1=O. The van der Waals surface area contributed by atoms with Crippen LogP contribution in [0.4, 0.5) is 18.9 Å². The molecule has 0 atom stereocenters. The smallest absolute Gasteiger partial charge is 0.422 e. The molecule has 0 amide bonds. The third-order valence-electron chi connectivity index (χ3n) is 2.74. The van der Waals surface area contributed by atoms with Gasteiger partial charge < -0.3 is 10.1 Å². The Kier molecular flexibility index (Phi) is 5.24. The predicted octanol–water partition coefficient (Wildman–Crippen LogP) is 2.49. The van der Waals surface area contributed by atoms with E-state index in [0.717, 1.165) is 0 Å². The van der Waals surface area contributed by atoms with Crippen LogP contribution in [0.2, 0.25) is 0 Å². The molecule has 1 N–H and O–H groups in total. The highest BCUT2D eigenvalue weighted by Crippen LogP contribution is 2.19. The first-order valence-electron chi connectivity index (χ1n) is 6.36. The fourth-order valence-corrected chi connectivity index (χ4v) is 2.13. The summed E-state index contributed by atoms with van der Waals surface area (Å²) in [6.45, 7) is -1.14. The fourth-order valence-electron chi connectivity index (χ4n) is 1.63. The Bertz CT molecular complexity index is 749. The number of aryl methyl sites for hydroxylation is 1. The molecule has 0 saturated heterocycles. The van der Waals surface area contributed by atoms with Crippen LogP contribution in [0.3, 0.4) is 0 Å². The standard InChI is InChI=1S/C13H12BrF3N4O2/c1-21-12(22)11(14)9(6-20-21)19-5-8-2-3-18-10(4-8)23-7-13(15,16)17/h2-4,6,19H,5,7H2,1H3. The lowest BCUT2D eigenvalue weighted by atomic mass is 10.2. The van der Waals surface area contributed by atoms with E-state index in [-0.39, 0.29) is 18.0 Å². The van der Waals surface area contributed by atoms with E-state index < -0.39 is 12.8 Å². The summed E-state index contributed by atoms with van der Waals surface area (Å²) in [5, 5.41) is 6.84. The van der Waals surface area contributed by atoms with Gasteiger partial charge in [0.1, 0.15) is 4.47 Å². The van der Waals surface area contributed by atoms with Crippen molar-refractivity contribution < 1.29 is 17.9 Å². The highest BCUT2D eigenvalue weighted by molar-refractivity contribution is 9.10. The Balaban J connectivity index is 2.04. The van der Waals surface area contributed by atoms with Crippen molar-refractivity contribution in [2.24, 2.45) is 7.05 Å². The van der Waals surface area contributed by atoms with Gasteiger partial charge in [-0.25, -0.2) is 9.67 Å². The summed E-state index contributed by atoms with van der Waals surface area (Å²) in [6.07, 6.45) is -1.61. The molecule has 0 fully saturated rings. The maximum Gasteiger partial charge on any atom is 0.422 e. The number of pyridine rings is 1. The van der Waals surface area contributed by atoms with Gasteiger partial charge in [0.2, 0.25) is 5.88 Å². The molecule has 0 unspecified atom stereocenters. The molecule has 6 nitrogen and oxygen atoms in total. The van der Waals surface area contributed by atoms with Gasteiger partial charge in [0.25, 0.3) is 5.56 Å². The molecule has 0 spiro atoms. The number of rotatable bonds is 5. The molecule has 2 rings (SSSR count). The molecular weight excluding hydrogens is 381 g/mol. The molecule has 10 heteroatoms. The highest BCUT2D eigenvalue weighted by Gasteiger charge is 2.28. The summed E-state index contributed by atoms with van der Waals surface area (Å²) >= 11 is 3.17. The number of hydrogen-bond donors (Lipinski definition) is 1. The maximum absolute atomic E-state index is 12.1. The number of hydrogen-bond acceptors (Lipinski definition) is 5. The van der Waals surface area contributed by atoms with Gasteiger partial charge >= 0.3 is 6.18 Å². The van der Waals surface area contributed by atoms with Crippen LogP contribution in [0, 0.1) is 0 Å². The van der Waals surface area contributed by atoms with Crippen molar-refractivity contribution >= 4 is 21.6 Å². The third kappa shape index (κ3) is 4.95. The van der Waals surface area contributed by atoms with Crippen molar-refractivity contribution in [3.63, 3.8) is 0 Å². The van der Waals surface area contributed by atoms with E-state index in [9.17, 15) is 18.0 Å². The summed E-state index contributed by atoms with van der Waals surface area (Å²) in [5.41, 5.74) is 0.811. The van der Waals surface area contributed by atoms with Crippen LogP contribution in [0.25, 0.3) is 0 Å². The minimum absolute atomic E-state index is 0.122. The summed E-state index contributed by atoms with van der Waals surface area (Å²) in [5.74, 6) is -0.122. The van der Waals surface area contributed by atoms with Crippen molar-refractivity contribution in [2.45, 2.75) is 12.7 Å². The average molecular weight is 393 g/mol. The van der Waals surface area contributed by atoms with Crippen LogP contribution >= 0.6 is 15.9 Å². The summed E-state index contributed by atoms with van der Waals surface area (Å²) < 4.78 is 42.4. The Morgan fingerprint density at radius 3 is 2.87 bits per heavy atom. The quantitative estimate of drug-likeness (QED) is 0.846. The van der Waals surface area contributed by atoms with E-state index in [1.54, 1.807) is 6.07 Å². The molecule has 0 aliphatic heterocycles. The van der Waals surface area contributed by atoms with Crippen LogP contribution in [0.1, 0.15) is 5.56 Å². The van der Waals surface area contributed by atoms with Crippen molar-refractivity contribution in [2.75, 3.05) is 11.9 Å². The molecule has 0 saturated carbocycles. The molecule has 2 heterocycles. The number of halogens is 4. The second kappa shape index (κ2) is 6.99. The lowest BCUT2D eigenvalue weighted by Gasteiger charge is -2.11. The topological polar surface area (TPSA) is 69.0 Å². The van der Waals surface area contributed by atoms with Crippen molar-refractivity contribution in [1.82, 2.24) is 14.8 Å². The monoisotopic (exact) mass is 392 g/mol. The molecule has 0 aromatic carbocycles. The van der Waals surface area contributed by atoms with Crippen LogP contribution in [0.5, 0.6) is 5.88 Å². The molecule has 0 bridgehead atoms. The van der Waals surface area contributed by atoms with Gasteiger partial charge in [0.05, 0.1) is 11.9 Å². The zero-order valence-corrected chi connectivity index (χ0v) is 13.5. The van der Waals surface area contributed by atoms with E-state index in [1.807, 2.05) is 0 Å². The number of nitrogens with one attached hydrogen (secondary N) is 1. The van der Waals surface area contributed by atoms with Crippen LogP contribution in [0.15, 0.2) is 33.8 Å². The second-order valence-electron chi connectivity index (χ2n) is 4.56. The van der Waals surface area contributed by atoms with Gasteiger partial charge in [0.15, 0.2) is 6.61 Å². The molecule has 23 heavy (non-hydrogen) atoms. The zero-order chi connectivity index (χ0) is 17.0. The largest absolute Gasteiger partial charge is 0.468 e. The lowest BCUT2D eigenvalue weighted by Crippen LogP contribution is -2.21. The minimum atomic E-state index is -4.42. The molecule has 2 aromatic rings. The van der Waals surface area contributed by atoms with Crippen LogP contribution in [-0.4, -0.2) is 27.5 Å². The first-order valence-corrected chi connectivity index (χ1v) is 7.16. The van der Waals surface area contributed by atoms with Crippen molar-refractivity contribution in [1.29, 1.82) is 0 Å². The number of ether oxygens (including phenoxy) is 1. The van der Waals surface area contributed by atoms with Gasteiger partial charge in [0, 0.05) is 25.9 Å². The van der Waals surface area contributed by atoms with Gasteiger partial charge in [-0.15, -0.1) is 0 Å². The van der Waals surface area contributed by atoms with Crippen molar-refractivity contribution in [3.8, 4) is 5.88 Å². The Hall–Kier alpha value is -2.10. The van der Waals surface area contributed by atoms with E-state index in [2.05, 4.69) is 36.1 Å². The number of anilines is 1. The Morgan fingerprint density at radius 1 is 1.43 bits per heavy atom. The van der Waals surface area contributed by atoms with E-state index in [4.69, 9.17) is 0 Å². The number of aromatic nitrogens is 3. The average Bonchev–Trinajstić information content (AvgIpc) is 2.50. The normalized spacial score (nSPS) is 11.3. The lowest BCUT2D eigenvalue weighted by molar-refractivity contribution is -0.154. The van der Waals surface area contributed by atoms with Gasteiger partial charge in [-0.3, -0.25) is 4.79 Å². The van der Waals surface area contributed by atoms with Gasteiger partial charge in [-0.05, 0) is 27.6 Å². The molecule has 124 valence electrons. The van der Waals surface area contributed by atoms with E-state index in [1.165, 1.54) is 30.2 Å². The molecule has 2 aromatic heterocycles. The van der Waals surface area contributed by atoms with E-state index in [0.29, 0.717) is 15.7 Å². The minimum Gasteiger partial charge on any atom is -0.468 e. The zero-order valence-electron chi connectivity index (χ0n) is 11.9. The Labute approximate surface area is 137 Å². The molecular formula is C13H12BrF3N4O2. The van der Waals surface area contributed by atoms with Gasteiger partial charge in [-0.2, -0.15) is 18.3 Å². The first kappa shape index (κ1) is 17.3. The molecule has 0 aliphatic rings. The van der Waals surface area contributed by atoms with Crippen LogP contribution in [-0.2, 0) is 13.6 Å². The van der Waals surface area contributed by atoms with Crippen molar-refractivity contribution in [3.05, 3.63) is 44.9 Å². The number of alkyl halides is 3. The van der Waals surface area contributed by atoms with Gasteiger partial charge in [-0.1, -0.05) is 0 Å². The summed E-state index contributed by atoms with van der Waals surface area (Å²) in [4.78, 5) is 15.4. The first-order chi connectivity index (χ1) is 10.8. The second-order valence-corrected chi connectivity index (χ2v) is 5.35. The molecule has 0 radical (unpaired) electrons. The predicted molar refractivity (Wildman–Crippen MR) is 80.3 cm³/mol. The third-order valence-corrected chi connectivity index (χ3v) is 3.51. The summed E-state index contributed by atoms with van der Waals surface area (Å²) in [6, 6.07) is 3.01. The summed E-state index contributed by atoms with van der Waals surface area (Å²) in [7, 11) is 1.52. The number of nitrogens with zero attached hydrogens (tertiary/aromatic N) is 3. The fraction of sp³-hybridized carbons (Fsp3) is 0.308. The maximum atomic E-state index is 12.1.